The molecule has 2 rings (SSSR count). The Kier molecular flexibility index (Phi) is 9.73. The number of ether oxygens (including phenoxy) is 1. The molecule has 0 amide bonds. The van der Waals surface area contributed by atoms with Gasteiger partial charge >= 0.3 is 0 Å². The van der Waals surface area contributed by atoms with Crippen LogP contribution in [0.15, 0.2) is 23.2 Å². The summed E-state index contributed by atoms with van der Waals surface area (Å²) in [6, 6.07) is 3.64. The maximum absolute atomic E-state index is 13.8. The van der Waals surface area contributed by atoms with Gasteiger partial charge in [-0.2, -0.15) is 0 Å². The van der Waals surface area contributed by atoms with Gasteiger partial charge in [-0.15, -0.1) is 24.0 Å². The molecule has 2 atom stereocenters. The number of hydrogen-bond acceptors (Lipinski definition) is 3. The number of guanidine groups is 1. The van der Waals surface area contributed by atoms with Gasteiger partial charge in [0.15, 0.2) is 5.96 Å². The molecule has 0 aliphatic carbocycles. The summed E-state index contributed by atoms with van der Waals surface area (Å²) in [5.74, 6) is -0.645. The number of aliphatic hydroxyl groups excluding tert-OH is 1. The van der Waals surface area contributed by atoms with E-state index in [0.717, 1.165) is 12.5 Å². The quantitative estimate of drug-likeness (QED) is 0.317. The smallest absolute Gasteiger partial charge is 0.191 e. The summed E-state index contributed by atoms with van der Waals surface area (Å²) in [6.45, 7) is 4.42. The molecule has 0 radical (unpaired) electrons. The molecule has 148 valence electrons. The Balaban J connectivity index is 0.00000338. The summed E-state index contributed by atoms with van der Waals surface area (Å²) in [7, 11) is 1.67. The second-order valence-electron chi connectivity index (χ2n) is 6.65. The zero-order chi connectivity index (χ0) is 18.3. The predicted octanol–water partition coefficient (Wildman–Crippen LogP) is 2.64. The summed E-state index contributed by atoms with van der Waals surface area (Å²) in [5, 5.41) is 15.7. The first-order valence-electron chi connectivity index (χ1n) is 8.58. The lowest BCUT2D eigenvalue weighted by Crippen LogP contribution is -2.45. The molecule has 0 saturated carbocycles. The van der Waals surface area contributed by atoms with Crippen molar-refractivity contribution < 1.29 is 18.6 Å². The van der Waals surface area contributed by atoms with Crippen LogP contribution in [0.25, 0.3) is 0 Å². The lowest BCUT2D eigenvalue weighted by molar-refractivity contribution is 0.127. The highest BCUT2D eigenvalue weighted by molar-refractivity contribution is 14.0. The van der Waals surface area contributed by atoms with Crippen molar-refractivity contribution in [3.05, 3.63) is 35.4 Å². The van der Waals surface area contributed by atoms with E-state index in [1.807, 2.05) is 6.92 Å². The van der Waals surface area contributed by atoms with Gasteiger partial charge in [0.25, 0.3) is 0 Å². The van der Waals surface area contributed by atoms with E-state index in [4.69, 9.17) is 4.74 Å². The summed E-state index contributed by atoms with van der Waals surface area (Å²) >= 11 is 0. The molecule has 0 bridgehead atoms. The Bertz CT molecular complexity index is 596. The van der Waals surface area contributed by atoms with Crippen LogP contribution in [0, 0.1) is 17.0 Å². The standard InChI is InChI=1S/C18H27F2N3O2.HI/c1-13(15-4-3-14(19)9-16(15)20)10-22-17(21-2)23-11-18(5-7-24)6-8-25-12-18;/h3-4,9,13,24H,5-8,10-12H2,1-2H3,(H2,21,22,23);1H. The van der Waals surface area contributed by atoms with Crippen molar-refractivity contribution in [3.8, 4) is 0 Å². The highest BCUT2D eigenvalue weighted by atomic mass is 127. The van der Waals surface area contributed by atoms with E-state index in [-0.39, 0.29) is 41.9 Å². The van der Waals surface area contributed by atoms with Crippen molar-refractivity contribution in [2.24, 2.45) is 10.4 Å². The van der Waals surface area contributed by atoms with Crippen molar-refractivity contribution in [3.63, 3.8) is 0 Å². The average Bonchev–Trinajstić information content (AvgIpc) is 3.04. The largest absolute Gasteiger partial charge is 0.396 e. The summed E-state index contributed by atoms with van der Waals surface area (Å²) in [4.78, 5) is 4.18. The molecule has 2 unspecified atom stereocenters. The Morgan fingerprint density at radius 2 is 2.15 bits per heavy atom. The number of hydrogen-bond donors (Lipinski definition) is 3. The van der Waals surface area contributed by atoms with Crippen LogP contribution in [-0.4, -0.2) is 51.0 Å². The van der Waals surface area contributed by atoms with Gasteiger partial charge in [-0.25, -0.2) is 8.78 Å². The van der Waals surface area contributed by atoms with Crippen molar-refractivity contribution in [2.45, 2.75) is 25.7 Å². The number of halogens is 3. The molecule has 1 aliphatic rings. The van der Waals surface area contributed by atoms with Crippen LogP contribution in [0.1, 0.15) is 31.2 Å². The minimum Gasteiger partial charge on any atom is -0.396 e. The molecule has 1 aromatic carbocycles. The van der Waals surface area contributed by atoms with E-state index in [1.54, 1.807) is 7.05 Å². The van der Waals surface area contributed by atoms with E-state index in [2.05, 4.69) is 15.6 Å². The molecule has 1 saturated heterocycles. The molecular formula is C18H28F2IN3O2. The third-order valence-electron chi connectivity index (χ3n) is 4.75. The number of aliphatic imine (C=N–C) groups is 1. The van der Waals surface area contributed by atoms with Crippen LogP contribution in [0.2, 0.25) is 0 Å². The lowest BCUT2D eigenvalue weighted by Gasteiger charge is -2.28. The highest BCUT2D eigenvalue weighted by Crippen LogP contribution is 2.31. The van der Waals surface area contributed by atoms with Gasteiger partial charge in [-0.05, 0) is 24.5 Å². The van der Waals surface area contributed by atoms with Gasteiger partial charge in [0.2, 0.25) is 0 Å². The van der Waals surface area contributed by atoms with Crippen LogP contribution in [0.5, 0.6) is 0 Å². The van der Waals surface area contributed by atoms with Crippen molar-refractivity contribution in [1.29, 1.82) is 0 Å². The molecule has 3 N–H and O–H groups in total. The van der Waals surface area contributed by atoms with Crippen LogP contribution in [-0.2, 0) is 4.74 Å². The Labute approximate surface area is 170 Å². The predicted molar refractivity (Wildman–Crippen MR) is 109 cm³/mol. The minimum atomic E-state index is -0.577. The Morgan fingerprint density at radius 3 is 2.73 bits per heavy atom. The number of aliphatic hydroxyl groups is 1. The van der Waals surface area contributed by atoms with Gasteiger partial charge in [0.1, 0.15) is 11.6 Å². The fraction of sp³-hybridized carbons (Fsp3) is 0.611. The molecule has 1 fully saturated rings. The van der Waals surface area contributed by atoms with Crippen LogP contribution in [0.3, 0.4) is 0 Å². The molecule has 1 heterocycles. The van der Waals surface area contributed by atoms with E-state index < -0.39 is 11.6 Å². The van der Waals surface area contributed by atoms with Crippen molar-refractivity contribution >= 4 is 29.9 Å². The number of rotatable bonds is 7. The fourth-order valence-corrected chi connectivity index (χ4v) is 3.06. The third-order valence-corrected chi connectivity index (χ3v) is 4.75. The highest BCUT2D eigenvalue weighted by Gasteiger charge is 2.34. The van der Waals surface area contributed by atoms with Gasteiger partial charge in [0, 0.05) is 50.8 Å². The Morgan fingerprint density at radius 1 is 1.38 bits per heavy atom. The van der Waals surface area contributed by atoms with Gasteiger partial charge in [-0.3, -0.25) is 4.99 Å². The molecular weight excluding hydrogens is 455 g/mol. The monoisotopic (exact) mass is 483 g/mol. The molecule has 26 heavy (non-hydrogen) atoms. The molecule has 1 aliphatic heterocycles. The van der Waals surface area contributed by atoms with E-state index in [0.29, 0.717) is 44.2 Å². The van der Waals surface area contributed by atoms with E-state index in [1.165, 1.54) is 12.1 Å². The molecule has 1 aromatic rings. The normalized spacial score (nSPS) is 21.2. The van der Waals surface area contributed by atoms with Crippen LogP contribution < -0.4 is 10.6 Å². The average molecular weight is 483 g/mol. The topological polar surface area (TPSA) is 65.9 Å². The number of nitrogens with one attached hydrogen (secondary N) is 2. The van der Waals surface area contributed by atoms with Gasteiger partial charge in [0.05, 0.1) is 6.61 Å². The Hall–Kier alpha value is -1.00. The first-order valence-corrected chi connectivity index (χ1v) is 8.58. The molecule has 5 nitrogen and oxygen atoms in total. The maximum atomic E-state index is 13.8. The summed E-state index contributed by atoms with van der Waals surface area (Å²) < 4.78 is 32.3. The molecule has 0 spiro atoms. The third kappa shape index (κ3) is 6.31. The van der Waals surface area contributed by atoms with E-state index >= 15 is 0 Å². The second kappa shape index (κ2) is 11.0. The second-order valence-corrected chi connectivity index (χ2v) is 6.65. The zero-order valence-electron chi connectivity index (χ0n) is 15.2. The fourth-order valence-electron chi connectivity index (χ4n) is 3.06. The molecule has 8 heteroatoms. The SMILES string of the molecule is CN=C(NCC(C)c1ccc(F)cc1F)NCC1(CCO)CCOC1.I. The first-order chi connectivity index (χ1) is 12.0. The van der Waals surface area contributed by atoms with Crippen molar-refractivity contribution in [2.75, 3.05) is 40.0 Å². The first kappa shape index (κ1) is 23.0. The lowest BCUT2D eigenvalue weighted by atomic mass is 9.84. The van der Waals surface area contributed by atoms with Crippen molar-refractivity contribution in [1.82, 2.24) is 10.6 Å². The maximum Gasteiger partial charge on any atom is 0.191 e. The van der Waals surface area contributed by atoms with Gasteiger partial charge < -0.3 is 20.5 Å². The minimum absolute atomic E-state index is 0. The molecule has 0 aromatic heterocycles. The van der Waals surface area contributed by atoms with Crippen LogP contribution >= 0.6 is 24.0 Å². The summed E-state index contributed by atoms with van der Waals surface area (Å²) in [6.07, 6.45) is 1.57. The number of benzene rings is 1. The number of nitrogens with zero attached hydrogens (tertiary/aromatic N) is 1. The van der Waals surface area contributed by atoms with Gasteiger partial charge in [-0.1, -0.05) is 13.0 Å². The summed E-state index contributed by atoms with van der Waals surface area (Å²) in [5.41, 5.74) is 0.381. The van der Waals surface area contributed by atoms with E-state index in [9.17, 15) is 13.9 Å². The zero-order valence-corrected chi connectivity index (χ0v) is 17.6. The van der Waals surface area contributed by atoms with Crippen LogP contribution in [0.4, 0.5) is 8.78 Å².